The van der Waals surface area contributed by atoms with Gasteiger partial charge in [0.1, 0.15) is 0 Å². The van der Waals surface area contributed by atoms with Gasteiger partial charge in [-0.3, -0.25) is 0 Å². The van der Waals surface area contributed by atoms with Crippen molar-refractivity contribution < 1.29 is 8.42 Å². The first-order valence-electron chi connectivity index (χ1n) is 8.28. The van der Waals surface area contributed by atoms with Gasteiger partial charge in [0.15, 0.2) is 0 Å². The maximum Gasteiger partial charge on any atom is 0.243 e. The van der Waals surface area contributed by atoms with Crippen LogP contribution in [0.4, 0.5) is 0 Å². The van der Waals surface area contributed by atoms with Gasteiger partial charge in [-0.15, -0.1) is 0 Å². The maximum atomic E-state index is 12.9. The second-order valence-corrected chi connectivity index (χ2v) is 8.45. The van der Waals surface area contributed by atoms with Gasteiger partial charge in [-0.1, -0.05) is 42.0 Å². The Morgan fingerprint density at radius 2 is 1.65 bits per heavy atom. The van der Waals surface area contributed by atoms with Crippen molar-refractivity contribution in [3.05, 3.63) is 82.9 Å². The zero-order valence-corrected chi connectivity index (χ0v) is 15.7. The molecule has 0 atom stereocenters. The summed E-state index contributed by atoms with van der Waals surface area (Å²) in [6.45, 7) is 8.69. The van der Waals surface area contributed by atoms with Crippen LogP contribution in [-0.2, 0) is 10.0 Å². The summed E-state index contributed by atoms with van der Waals surface area (Å²) in [5.74, 6) is 0. The van der Waals surface area contributed by atoms with Crippen molar-refractivity contribution in [2.24, 2.45) is 0 Å². The highest BCUT2D eigenvalue weighted by Crippen LogP contribution is 2.32. The fourth-order valence-electron chi connectivity index (χ4n) is 3.03. The maximum absolute atomic E-state index is 12.9. The number of aryl methyl sites for hydroxylation is 1. The predicted molar refractivity (Wildman–Crippen MR) is 103 cm³/mol. The fraction of sp³-hybridized carbons (Fsp3) is 0.190. The molecule has 0 amide bonds. The zero-order valence-electron chi connectivity index (χ0n) is 14.9. The van der Waals surface area contributed by atoms with Gasteiger partial charge in [-0.25, -0.2) is 8.42 Å². The van der Waals surface area contributed by atoms with Crippen LogP contribution in [0, 0.1) is 18.3 Å². The lowest BCUT2D eigenvalue weighted by Crippen LogP contribution is -2.29. The van der Waals surface area contributed by atoms with E-state index in [2.05, 4.69) is 12.6 Å². The second kappa shape index (κ2) is 6.91. The highest BCUT2D eigenvalue weighted by molar-refractivity contribution is 7.89. The monoisotopic (exact) mass is 364 g/mol. The first kappa shape index (κ1) is 18.1. The molecule has 0 aliphatic carbocycles. The van der Waals surface area contributed by atoms with E-state index >= 15 is 0 Å². The number of hydrogen-bond acceptors (Lipinski definition) is 3. The molecule has 0 saturated heterocycles. The predicted octanol–water partition coefficient (Wildman–Crippen LogP) is 3.90. The molecule has 3 rings (SSSR count). The van der Waals surface area contributed by atoms with Gasteiger partial charge < -0.3 is 0 Å². The van der Waals surface area contributed by atoms with E-state index in [4.69, 9.17) is 5.26 Å². The minimum atomic E-state index is -3.54. The molecule has 0 radical (unpaired) electrons. The average Bonchev–Trinajstić information content (AvgIpc) is 3.04. The van der Waals surface area contributed by atoms with Gasteiger partial charge in [-0.2, -0.15) is 9.57 Å². The molecule has 26 heavy (non-hydrogen) atoms. The van der Waals surface area contributed by atoms with Crippen molar-refractivity contribution in [3.63, 3.8) is 0 Å². The van der Waals surface area contributed by atoms with Crippen LogP contribution in [0.15, 0.2) is 71.2 Å². The Balaban J connectivity index is 1.84. The van der Waals surface area contributed by atoms with Crippen LogP contribution in [0.1, 0.15) is 23.6 Å². The molecule has 1 aliphatic rings. The summed E-state index contributed by atoms with van der Waals surface area (Å²) in [6.07, 6.45) is 0. The third-order valence-corrected chi connectivity index (χ3v) is 6.45. The van der Waals surface area contributed by atoms with Crippen molar-refractivity contribution in [1.82, 2.24) is 4.31 Å². The molecule has 2 aromatic rings. The SMILES string of the molecule is C=C(C1=C(C)CN(S(=O)(=O)c2ccc(C)cc2)C1)c1ccc(C#N)cc1. The summed E-state index contributed by atoms with van der Waals surface area (Å²) in [7, 11) is -3.54. The number of sulfonamides is 1. The quantitative estimate of drug-likeness (QED) is 0.826. The minimum Gasteiger partial charge on any atom is -0.207 e. The number of benzene rings is 2. The molecule has 0 N–H and O–H groups in total. The summed E-state index contributed by atoms with van der Waals surface area (Å²) in [5, 5.41) is 8.92. The average molecular weight is 364 g/mol. The van der Waals surface area contributed by atoms with Crippen LogP contribution < -0.4 is 0 Å². The molecule has 0 unspecified atom stereocenters. The van der Waals surface area contributed by atoms with E-state index < -0.39 is 10.0 Å². The Morgan fingerprint density at radius 1 is 1.04 bits per heavy atom. The van der Waals surface area contributed by atoms with Gasteiger partial charge >= 0.3 is 0 Å². The number of rotatable bonds is 4. The van der Waals surface area contributed by atoms with E-state index in [0.29, 0.717) is 23.5 Å². The van der Waals surface area contributed by atoms with E-state index in [0.717, 1.165) is 27.8 Å². The van der Waals surface area contributed by atoms with Gasteiger partial charge in [0.2, 0.25) is 10.0 Å². The first-order valence-corrected chi connectivity index (χ1v) is 9.72. The summed E-state index contributed by atoms with van der Waals surface area (Å²) >= 11 is 0. The number of nitrogens with zero attached hydrogens (tertiary/aromatic N) is 2. The molecule has 0 bridgehead atoms. The summed E-state index contributed by atoms with van der Waals surface area (Å²) in [4.78, 5) is 0.307. The molecule has 0 saturated carbocycles. The van der Waals surface area contributed by atoms with Crippen LogP contribution >= 0.6 is 0 Å². The molecule has 5 heteroatoms. The molecular weight excluding hydrogens is 344 g/mol. The van der Waals surface area contributed by atoms with E-state index in [1.54, 1.807) is 36.4 Å². The van der Waals surface area contributed by atoms with Gasteiger partial charge in [0, 0.05) is 13.1 Å². The molecule has 1 heterocycles. The molecule has 0 spiro atoms. The standard InChI is InChI=1S/C21H20N2O2S/c1-15-4-10-20(11-5-15)26(24,25)23-13-16(2)21(14-23)17(3)19-8-6-18(12-22)7-9-19/h4-11H,3,13-14H2,1-2H3. The molecule has 0 fully saturated rings. The Bertz CT molecular complexity index is 1020. The smallest absolute Gasteiger partial charge is 0.207 e. The van der Waals surface area contributed by atoms with Crippen molar-refractivity contribution in [2.45, 2.75) is 18.7 Å². The van der Waals surface area contributed by atoms with Crippen LogP contribution in [0.25, 0.3) is 5.57 Å². The molecular formula is C21H20N2O2S. The normalized spacial score (nSPS) is 15.1. The third-order valence-electron chi connectivity index (χ3n) is 4.65. The lowest BCUT2D eigenvalue weighted by Gasteiger charge is -2.17. The van der Waals surface area contributed by atoms with Crippen molar-refractivity contribution >= 4 is 15.6 Å². The van der Waals surface area contributed by atoms with Gasteiger partial charge in [0.25, 0.3) is 0 Å². The molecule has 4 nitrogen and oxygen atoms in total. The lowest BCUT2D eigenvalue weighted by molar-refractivity contribution is 0.482. The minimum absolute atomic E-state index is 0.306. The van der Waals surface area contributed by atoms with Crippen molar-refractivity contribution in [1.29, 1.82) is 5.26 Å². The molecule has 132 valence electrons. The Hall–Kier alpha value is -2.68. The summed E-state index contributed by atoms with van der Waals surface area (Å²) in [5.41, 5.74) is 5.23. The highest BCUT2D eigenvalue weighted by atomic mass is 32.2. The van der Waals surface area contributed by atoms with Crippen LogP contribution in [0.2, 0.25) is 0 Å². The zero-order chi connectivity index (χ0) is 18.9. The van der Waals surface area contributed by atoms with E-state index in [1.807, 2.05) is 26.0 Å². The Morgan fingerprint density at radius 3 is 2.23 bits per heavy atom. The van der Waals surface area contributed by atoms with E-state index in [1.165, 1.54) is 4.31 Å². The van der Waals surface area contributed by atoms with Crippen molar-refractivity contribution in [2.75, 3.05) is 13.1 Å². The molecule has 1 aliphatic heterocycles. The molecule has 2 aromatic carbocycles. The first-order chi connectivity index (χ1) is 12.3. The van der Waals surface area contributed by atoms with Crippen LogP contribution in [0.5, 0.6) is 0 Å². The highest BCUT2D eigenvalue weighted by Gasteiger charge is 2.31. The van der Waals surface area contributed by atoms with Crippen LogP contribution in [-0.4, -0.2) is 25.8 Å². The summed E-state index contributed by atoms with van der Waals surface area (Å²) < 4.78 is 27.3. The van der Waals surface area contributed by atoms with Gasteiger partial charge in [-0.05, 0) is 54.8 Å². The lowest BCUT2D eigenvalue weighted by atomic mass is 9.97. The second-order valence-electron chi connectivity index (χ2n) is 6.51. The third kappa shape index (κ3) is 3.34. The van der Waals surface area contributed by atoms with Gasteiger partial charge in [0.05, 0.1) is 16.5 Å². The van der Waals surface area contributed by atoms with E-state index in [9.17, 15) is 8.42 Å². The molecule has 0 aromatic heterocycles. The van der Waals surface area contributed by atoms with E-state index in [-0.39, 0.29) is 0 Å². The Labute approximate surface area is 154 Å². The van der Waals surface area contributed by atoms with Crippen LogP contribution in [0.3, 0.4) is 0 Å². The number of nitriles is 1. The number of hydrogen-bond donors (Lipinski definition) is 0. The largest absolute Gasteiger partial charge is 0.243 e. The Kier molecular flexibility index (Phi) is 4.82. The summed E-state index contributed by atoms with van der Waals surface area (Å²) in [6, 6.07) is 16.2. The fourth-order valence-corrected chi connectivity index (χ4v) is 4.47. The van der Waals surface area contributed by atoms with Crippen molar-refractivity contribution in [3.8, 4) is 6.07 Å². The topological polar surface area (TPSA) is 61.2 Å².